The van der Waals surface area contributed by atoms with Gasteiger partial charge in [-0.1, -0.05) is 0 Å². The van der Waals surface area contributed by atoms with Gasteiger partial charge in [0.2, 0.25) is 11.8 Å². The van der Waals surface area contributed by atoms with Gasteiger partial charge in [0.05, 0.1) is 19.2 Å². The largest absolute Gasteiger partial charge is 0.480 e. The van der Waals surface area contributed by atoms with Crippen molar-refractivity contribution in [3.63, 3.8) is 0 Å². The molecule has 2 aromatic rings. The lowest BCUT2D eigenvalue weighted by molar-refractivity contribution is -0.141. The summed E-state index contributed by atoms with van der Waals surface area (Å²) in [4.78, 5) is 34.3. The second kappa shape index (κ2) is 8.65. The van der Waals surface area contributed by atoms with E-state index in [1.807, 2.05) is 0 Å². The number of carboxylic acid groups (broad SMARTS) is 1. The Kier molecular flexibility index (Phi) is 6.30. The first kappa shape index (κ1) is 18.2. The number of furan rings is 1. The van der Waals surface area contributed by atoms with E-state index >= 15 is 0 Å². The van der Waals surface area contributed by atoms with Crippen LogP contribution in [0.4, 0.5) is 11.4 Å². The van der Waals surface area contributed by atoms with Gasteiger partial charge in [0, 0.05) is 18.3 Å². The molecule has 132 valence electrons. The standard InChI is InChI=1S/C17H19N3O5/c1-11(21)19-12-4-6-13(7-5-12)20-16(22)9-15(17(23)24)18-10-14-3-2-8-25-14/h2-8,15,18H,9-10H2,1H3,(H,19,21)(H,20,22)(H,23,24). The van der Waals surface area contributed by atoms with Crippen LogP contribution in [-0.2, 0) is 20.9 Å². The molecule has 8 heteroatoms. The Balaban J connectivity index is 1.87. The average Bonchev–Trinajstić information content (AvgIpc) is 3.06. The molecule has 8 nitrogen and oxygen atoms in total. The predicted octanol–water partition coefficient (Wildman–Crippen LogP) is 1.81. The van der Waals surface area contributed by atoms with Crippen molar-refractivity contribution >= 4 is 29.2 Å². The lowest BCUT2D eigenvalue weighted by Gasteiger charge is -2.14. The molecular formula is C17H19N3O5. The Morgan fingerprint density at radius 2 is 1.72 bits per heavy atom. The predicted molar refractivity (Wildman–Crippen MR) is 91.0 cm³/mol. The van der Waals surface area contributed by atoms with Crippen molar-refractivity contribution in [1.82, 2.24) is 5.32 Å². The molecule has 1 atom stereocenters. The minimum atomic E-state index is -1.12. The van der Waals surface area contributed by atoms with E-state index in [9.17, 15) is 19.5 Å². The maximum Gasteiger partial charge on any atom is 0.321 e. The smallest absolute Gasteiger partial charge is 0.321 e. The number of hydrogen-bond acceptors (Lipinski definition) is 5. The molecule has 2 rings (SSSR count). The first-order valence-corrected chi connectivity index (χ1v) is 7.60. The Bertz CT molecular complexity index is 725. The van der Waals surface area contributed by atoms with Gasteiger partial charge in [0.1, 0.15) is 11.8 Å². The van der Waals surface area contributed by atoms with E-state index < -0.39 is 17.9 Å². The second-order valence-corrected chi connectivity index (χ2v) is 5.36. The summed E-state index contributed by atoms with van der Waals surface area (Å²) in [6.07, 6.45) is 1.26. The van der Waals surface area contributed by atoms with Crippen molar-refractivity contribution in [3.05, 3.63) is 48.4 Å². The first-order chi connectivity index (χ1) is 11.9. The van der Waals surface area contributed by atoms with Crippen molar-refractivity contribution in [2.75, 3.05) is 10.6 Å². The molecule has 1 aromatic carbocycles. The summed E-state index contributed by atoms with van der Waals surface area (Å²) in [5, 5.41) is 17.2. The fourth-order valence-electron chi connectivity index (χ4n) is 2.12. The third kappa shape index (κ3) is 6.11. The summed E-state index contributed by atoms with van der Waals surface area (Å²) in [5.41, 5.74) is 1.11. The summed E-state index contributed by atoms with van der Waals surface area (Å²) in [5.74, 6) is -1.17. The number of benzene rings is 1. The third-order valence-corrected chi connectivity index (χ3v) is 3.28. The maximum absolute atomic E-state index is 12.0. The van der Waals surface area contributed by atoms with Crippen LogP contribution in [0.5, 0.6) is 0 Å². The van der Waals surface area contributed by atoms with E-state index in [0.717, 1.165) is 0 Å². The second-order valence-electron chi connectivity index (χ2n) is 5.36. The van der Waals surface area contributed by atoms with E-state index in [1.165, 1.54) is 13.2 Å². The summed E-state index contributed by atoms with van der Waals surface area (Å²) < 4.78 is 5.12. The van der Waals surface area contributed by atoms with Crippen LogP contribution in [0.1, 0.15) is 19.1 Å². The summed E-state index contributed by atoms with van der Waals surface area (Å²) in [6, 6.07) is 8.89. The molecule has 2 amide bonds. The van der Waals surface area contributed by atoms with Crippen molar-refractivity contribution in [2.24, 2.45) is 0 Å². The van der Waals surface area contributed by atoms with Gasteiger partial charge in [-0.2, -0.15) is 0 Å². The summed E-state index contributed by atoms with van der Waals surface area (Å²) in [7, 11) is 0. The molecule has 0 aliphatic heterocycles. The number of anilines is 2. The molecule has 1 unspecified atom stereocenters. The monoisotopic (exact) mass is 345 g/mol. The van der Waals surface area contributed by atoms with Crippen LogP contribution in [-0.4, -0.2) is 28.9 Å². The van der Waals surface area contributed by atoms with Crippen LogP contribution in [0.25, 0.3) is 0 Å². The van der Waals surface area contributed by atoms with E-state index in [0.29, 0.717) is 17.1 Å². The Morgan fingerprint density at radius 1 is 1.08 bits per heavy atom. The third-order valence-electron chi connectivity index (χ3n) is 3.28. The highest BCUT2D eigenvalue weighted by Gasteiger charge is 2.21. The van der Waals surface area contributed by atoms with Gasteiger partial charge in [-0.15, -0.1) is 0 Å². The van der Waals surface area contributed by atoms with Gasteiger partial charge in [-0.25, -0.2) is 0 Å². The molecule has 0 saturated carbocycles. The van der Waals surface area contributed by atoms with E-state index in [2.05, 4.69) is 16.0 Å². The number of nitrogens with one attached hydrogen (secondary N) is 3. The van der Waals surface area contributed by atoms with Crippen molar-refractivity contribution in [1.29, 1.82) is 0 Å². The van der Waals surface area contributed by atoms with E-state index in [4.69, 9.17) is 4.42 Å². The number of hydrogen-bond donors (Lipinski definition) is 4. The van der Waals surface area contributed by atoms with Crippen molar-refractivity contribution < 1.29 is 23.9 Å². The molecule has 0 radical (unpaired) electrons. The summed E-state index contributed by atoms with van der Waals surface area (Å²) in [6.45, 7) is 1.61. The molecule has 25 heavy (non-hydrogen) atoms. The number of amides is 2. The van der Waals surface area contributed by atoms with Crippen LogP contribution < -0.4 is 16.0 Å². The van der Waals surface area contributed by atoms with Crippen LogP contribution in [0.15, 0.2) is 47.1 Å². The molecule has 0 bridgehead atoms. The zero-order chi connectivity index (χ0) is 18.2. The molecule has 0 spiro atoms. The molecule has 1 heterocycles. The lowest BCUT2D eigenvalue weighted by atomic mass is 10.2. The highest BCUT2D eigenvalue weighted by molar-refractivity contribution is 5.94. The molecule has 0 aliphatic rings. The molecule has 4 N–H and O–H groups in total. The lowest BCUT2D eigenvalue weighted by Crippen LogP contribution is -2.39. The average molecular weight is 345 g/mol. The van der Waals surface area contributed by atoms with Gasteiger partial charge in [-0.3, -0.25) is 19.7 Å². The van der Waals surface area contributed by atoms with Crippen LogP contribution >= 0.6 is 0 Å². The van der Waals surface area contributed by atoms with Crippen molar-refractivity contribution in [2.45, 2.75) is 25.9 Å². The molecular weight excluding hydrogens is 326 g/mol. The van der Waals surface area contributed by atoms with Gasteiger partial charge in [0.15, 0.2) is 0 Å². The van der Waals surface area contributed by atoms with Crippen LogP contribution in [0, 0.1) is 0 Å². The fraction of sp³-hybridized carbons (Fsp3) is 0.235. The van der Waals surface area contributed by atoms with Crippen molar-refractivity contribution in [3.8, 4) is 0 Å². The fourth-order valence-corrected chi connectivity index (χ4v) is 2.12. The minimum absolute atomic E-state index is 0.191. The van der Waals surface area contributed by atoms with Crippen LogP contribution in [0.3, 0.4) is 0 Å². The Hall–Kier alpha value is -3.13. The van der Waals surface area contributed by atoms with Gasteiger partial charge in [0.25, 0.3) is 0 Å². The van der Waals surface area contributed by atoms with Gasteiger partial charge >= 0.3 is 5.97 Å². The molecule has 1 aromatic heterocycles. The van der Waals surface area contributed by atoms with Gasteiger partial charge < -0.3 is 20.2 Å². The Labute approximate surface area is 144 Å². The van der Waals surface area contributed by atoms with E-state index in [1.54, 1.807) is 36.4 Å². The molecule has 0 aliphatic carbocycles. The minimum Gasteiger partial charge on any atom is -0.480 e. The maximum atomic E-state index is 12.0. The normalized spacial score (nSPS) is 11.6. The number of carbonyl (C=O) groups is 3. The van der Waals surface area contributed by atoms with Gasteiger partial charge in [-0.05, 0) is 36.4 Å². The quantitative estimate of drug-likeness (QED) is 0.579. The highest BCUT2D eigenvalue weighted by atomic mass is 16.4. The zero-order valence-electron chi connectivity index (χ0n) is 13.6. The SMILES string of the molecule is CC(=O)Nc1ccc(NC(=O)CC(NCc2ccco2)C(=O)O)cc1. The zero-order valence-corrected chi connectivity index (χ0v) is 13.6. The number of rotatable bonds is 8. The topological polar surface area (TPSA) is 121 Å². The first-order valence-electron chi connectivity index (χ1n) is 7.60. The molecule has 0 fully saturated rings. The Morgan fingerprint density at radius 3 is 2.24 bits per heavy atom. The number of aliphatic carboxylic acids is 1. The summed E-state index contributed by atoms with van der Waals surface area (Å²) >= 11 is 0. The van der Waals surface area contributed by atoms with E-state index in [-0.39, 0.29) is 18.9 Å². The number of carbonyl (C=O) groups excluding carboxylic acids is 2. The molecule has 0 saturated heterocycles. The highest BCUT2D eigenvalue weighted by Crippen LogP contribution is 2.14. The number of carboxylic acids is 1. The van der Waals surface area contributed by atoms with Crippen LogP contribution in [0.2, 0.25) is 0 Å².